The molecule has 1 atom stereocenters. The molecule has 5 nitrogen and oxygen atoms in total. The Labute approximate surface area is 131 Å². The van der Waals surface area contributed by atoms with Gasteiger partial charge >= 0.3 is 0 Å². The Morgan fingerprint density at radius 3 is 2.36 bits per heavy atom. The van der Waals surface area contributed by atoms with Gasteiger partial charge in [-0.05, 0) is 48.9 Å². The predicted molar refractivity (Wildman–Crippen MR) is 87.4 cm³/mol. The maximum atomic E-state index is 12.3. The summed E-state index contributed by atoms with van der Waals surface area (Å²) in [5.74, 6) is -0.382. The summed E-state index contributed by atoms with van der Waals surface area (Å²) in [5.41, 5.74) is 6.88. The molecule has 4 N–H and O–H groups in total. The van der Waals surface area contributed by atoms with Crippen LogP contribution in [0.3, 0.4) is 0 Å². The molecule has 0 heterocycles. The molecule has 1 fully saturated rings. The first kappa shape index (κ1) is 16.3. The Kier molecular flexibility index (Phi) is 5.06. The number of hydrogen-bond donors (Lipinski definition) is 3. The van der Waals surface area contributed by atoms with E-state index in [-0.39, 0.29) is 17.2 Å². The minimum Gasteiger partial charge on any atom is -0.399 e. The molecule has 0 radical (unpaired) electrons. The average molecular weight is 303 g/mol. The van der Waals surface area contributed by atoms with Crippen LogP contribution in [0, 0.1) is 5.41 Å². The zero-order chi connectivity index (χ0) is 16.2. The van der Waals surface area contributed by atoms with Crippen molar-refractivity contribution in [2.45, 2.75) is 45.1 Å². The van der Waals surface area contributed by atoms with Gasteiger partial charge in [-0.3, -0.25) is 9.59 Å². The van der Waals surface area contributed by atoms with Crippen molar-refractivity contribution < 1.29 is 9.59 Å². The number of carbonyl (C=O) groups excluding carboxylic acids is 2. The zero-order valence-electron chi connectivity index (χ0n) is 13.3. The molecule has 0 aliphatic heterocycles. The lowest BCUT2D eigenvalue weighted by Gasteiger charge is -2.29. The molecule has 1 aliphatic carbocycles. The molecule has 5 heteroatoms. The second-order valence-electron chi connectivity index (χ2n) is 6.48. The van der Waals surface area contributed by atoms with Gasteiger partial charge in [0, 0.05) is 18.3 Å². The Morgan fingerprint density at radius 2 is 1.82 bits per heavy atom. The summed E-state index contributed by atoms with van der Waals surface area (Å²) < 4.78 is 0. The number of nitrogen functional groups attached to an aromatic ring is 1. The van der Waals surface area contributed by atoms with E-state index in [1.54, 1.807) is 31.3 Å². The first-order valence-corrected chi connectivity index (χ1v) is 7.81. The topological polar surface area (TPSA) is 84.2 Å². The molecule has 0 saturated heterocycles. The highest BCUT2D eigenvalue weighted by Crippen LogP contribution is 2.41. The molecule has 2 amide bonds. The van der Waals surface area contributed by atoms with Gasteiger partial charge in [-0.1, -0.05) is 19.8 Å². The van der Waals surface area contributed by atoms with Crippen molar-refractivity contribution in [3.8, 4) is 0 Å². The minimum atomic E-state index is -0.502. The fraction of sp³-hybridized carbons (Fsp3) is 0.529. The first-order valence-electron chi connectivity index (χ1n) is 7.81. The van der Waals surface area contributed by atoms with Crippen LogP contribution < -0.4 is 16.4 Å². The van der Waals surface area contributed by atoms with Crippen LogP contribution in [0.25, 0.3) is 0 Å². The van der Waals surface area contributed by atoms with Gasteiger partial charge in [-0.2, -0.15) is 0 Å². The lowest BCUT2D eigenvalue weighted by atomic mass is 9.81. The summed E-state index contributed by atoms with van der Waals surface area (Å²) >= 11 is 0. The average Bonchev–Trinajstić information content (AvgIpc) is 2.93. The van der Waals surface area contributed by atoms with E-state index >= 15 is 0 Å². The maximum Gasteiger partial charge on any atom is 0.251 e. The van der Waals surface area contributed by atoms with Gasteiger partial charge in [-0.15, -0.1) is 0 Å². The molecule has 1 aromatic carbocycles. The summed E-state index contributed by atoms with van der Waals surface area (Å²) in [6, 6.07) is 6.20. The molecule has 0 unspecified atom stereocenters. The molecule has 120 valence electrons. The largest absolute Gasteiger partial charge is 0.399 e. The Balaban J connectivity index is 2.07. The Morgan fingerprint density at radius 1 is 1.23 bits per heavy atom. The van der Waals surface area contributed by atoms with E-state index in [4.69, 9.17) is 5.73 Å². The molecule has 1 saturated carbocycles. The molecule has 2 rings (SSSR count). The normalized spacial score (nSPS) is 17.7. The molecular formula is C17H25N3O2. The highest BCUT2D eigenvalue weighted by molar-refractivity contribution is 5.97. The predicted octanol–water partition coefficient (Wildman–Crippen LogP) is 2.08. The van der Waals surface area contributed by atoms with Crippen LogP contribution in [0.5, 0.6) is 0 Å². The van der Waals surface area contributed by atoms with Crippen molar-refractivity contribution in [3.05, 3.63) is 29.8 Å². The fourth-order valence-electron chi connectivity index (χ4n) is 3.19. The van der Waals surface area contributed by atoms with Gasteiger partial charge in [-0.25, -0.2) is 0 Å². The molecule has 0 bridgehead atoms. The zero-order valence-corrected chi connectivity index (χ0v) is 13.3. The van der Waals surface area contributed by atoms with Crippen LogP contribution in [0.4, 0.5) is 5.69 Å². The summed E-state index contributed by atoms with van der Waals surface area (Å²) in [6.07, 6.45) is 5.29. The highest BCUT2D eigenvalue weighted by Gasteiger charge is 2.34. The third kappa shape index (κ3) is 4.00. The van der Waals surface area contributed by atoms with E-state index in [0.717, 1.165) is 12.8 Å². The summed E-state index contributed by atoms with van der Waals surface area (Å²) in [7, 11) is 1.60. The smallest absolute Gasteiger partial charge is 0.251 e. The van der Waals surface area contributed by atoms with Crippen LogP contribution in [-0.4, -0.2) is 24.9 Å². The van der Waals surface area contributed by atoms with Crippen molar-refractivity contribution in [3.63, 3.8) is 0 Å². The second-order valence-corrected chi connectivity index (χ2v) is 6.48. The number of carbonyl (C=O) groups is 2. The van der Waals surface area contributed by atoms with Crippen LogP contribution >= 0.6 is 0 Å². The van der Waals surface area contributed by atoms with E-state index < -0.39 is 6.04 Å². The van der Waals surface area contributed by atoms with Gasteiger partial charge in [0.25, 0.3) is 5.91 Å². The maximum absolute atomic E-state index is 12.3. The van der Waals surface area contributed by atoms with Crippen LogP contribution in [0.1, 0.15) is 49.4 Å². The third-order valence-corrected chi connectivity index (χ3v) is 4.55. The van der Waals surface area contributed by atoms with Crippen molar-refractivity contribution in [1.82, 2.24) is 10.6 Å². The quantitative estimate of drug-likeness (QED) is 0.728. The molecule has 1 aromatic rings. The van der Waals surface area contributed by atoms with E-state index in [9.17, 15) is 9.59 Å². The number of benzene rings is 1. The van der Waals surface area contributed by atoms with E-state index in [1.165, 1.54) is 12.8 Å². The number of nitrogens with two attached hydrogens (primary N) is 1. The highest BCUT2D eigenvalue weighted by atomic mass is 16.2. The lowest BCUT2D eigenvalue weighted by Crippen LogP contribution is -2.47. The monoisotopic (exact) mass is 303 g/mol. The van der Waals surface area contributed by atoms with Gasteiger partial charge in [0.1, 0.15) is 6.04 Å². The number of likely N-dealkylation sites (N-methyl/N-ethyl adjacent to an activating group) is 1. The second kappa shape index (κ2) is 6.81. The standard InChI is InChI=1S/C17H25N3O2/c1-17(9-3-4-10-17)11-14(16(22)19-2)20-15(21)12-5-7-13(18)8-6-12/h5-8,14H,3-4,9-11,18H2,1-2H3,(H,19,22)(H,20,21)/t14-/m0/s1. The summed E-state index contributed by atoms with van der Waals surface area (Å²) in [4.78, 5) is 24.5. The van der Waals surface area contributed by atoms with Crippen molar-refractivity contribution in [2.75, 3.05) is 12.8 Å². The van der Waals surface area contributed by atoms with Gasteiger partial charge < -0.3 is 16.4 Å². The number of nitrogens with one attached hydrogen (secondary N) is 2. The van der Waals surface area contributed by atoms with E-state index in [2.05, 4.69) is 17.6 Å². The SMILES string of the molecule is CNC(=O)[C@H](CC1(C)CCCC1)NC(=O)c1ccc(N)cc1. The Bertz CT molecular complexity index is 533. The molecule has 22 heavy (non-hydrogen) atoms. The molecule has 0 spiro atoms. The van der Waals surface area contributed by atoms with Crippen molar-refractivity contribution in [2.24, 2.45) is 5.41 Å². The number of rotatable bonds is 5. The van der Waals surface area contributed by atoms with Crippen LogP contribution in [0.2, 0.25) is 0 Å². The third-order valence-electron chi connectivity index (χ3n) is 4.55. The van der Waals surface area contributed by atoms with Crippen molar-refractivity contribution in [1.29, 1.82) is 0 Å². The summed E-state index contributed by atoms with van der Waals surface area (Å²) in [5, 5.41) is 5.51. The fourth-order valence-corrected chi connectivity index (χ4v) is 3.19. The number of anilines is 1. The van der Waals surface area contributed by atoms with E-state index in [0.29, 0.717) is 17.7 Å². The molecule has 0 aromatic heterocycles. The molecule has 1 aliphatic rings. The minimum absolute atomic E-state index is 0.131. The number of amides is 2. The van der Waals surface area contributed by atoms with Crippen LogP contribution in [-0.2, 0) is 4.79 Å². The lowest BCUT2D eigenvalue weighted by molar-refractivity contribution is -0.123. The first-order chi connectivity index (χ1) is 10.4. The van der Waals surface area contributed by atoms with E-state index in [1.807, 2.05) is 0 Å². The van der Waals surface area contributed by atoms with Crippen molar-refractivity contribution >= 4 is 17.5 Å². The summed E-state index contributed by atoms with van der Waals surface area (Å²) in [6.45, 7) is 2.20. The van der Waals surface area contributed by atoms with Crippen LogP contribution in [0.15, 0.2) is 24.3 Å². The van der Waals surface area contributed by atoms with Gasteiger partial charge in [0.05, 0.1) is 0 Å². The van der Waals surface area contributed by atoms with Gasteiger partial charge in [0.2, 0.25) is 5.91 Å². The molecular weight excluding hydrogens is 278 g/mol. The Hall–Kier alpha value is -2.04. The van der Waals surface area contributed by atoms with Gasteiger partial charge in [0.15, 0.2) is 0 Å². The number of hydrogen-bond acceptors (Lipinski definition) is 3.